The van der Waals surface area contributed by atoms with Crippen LogP contribution in [0.3, 0.4) is 0 Å². The quantitative estimate of drug-likeness (QED) is 0.397. The number of allylic oxidation sites excluding steroid dienone is 2. The van der Waals surface area contributed by atoms with Crippen molar-refractivity contribution < 1.29 is 24.8 Å². The Morgan fingerprint density at radius 3 is 2.71 bits per heavy atom. The molecule has 1 fully saturated rings. The molecule has 0 aliphatic carbocycles. The molecule has 1 heterocycles. The predicted molar refractivity (Wildman–Crippen MR) is 81.1 cm³/mol. The summed E-state index contributed by atoms with van der Waals surface area (Å²) in [5.41, 5.74) is 0. The fraction of sp³-hybridized carbons (Fsp3) is 0.875. The molecule has 0 aromatic carbocycles. The zero-order valence-electron chi connectivity index (χ0n) is 13.0. The van der Waals surface area contributed by atoms with E-state index in [0.717, 1.165) is 25.7 Å². The van der Waals surface area contributed by atoms with Gasteiger partial charge in [0.05, 0.1) is 13.2 Å². The van der Waals surface area contributed by atoms with Gasteiger partial charge < -0.3 is 24.8 Å². The summed E-state index contributed by atoms with van der Waals surface area (Å²) in [6.07, 6.45) is 8.09. The van der Waals surface area contributed by atoms with E-state index in [0.29, 0.717) is 6.61 Å². The van der Waals surface area contributed by atoms with Crippen LogP contribution < -0.4 is 0 Å². The Balaban J connectivity index is 2.02. The van der Waals surface area contributed by atoms with E-state index in [4.69, 9.17) is 14.6 Å². The van der Waals surface area contributed by atoms with Crippen molar-refractivity contribution in [2.24, 2.45) is 0 Å². The Kier molecular flexibility index (Phi) is 9.87. The predicted octanol–water partition coefficient (Wildman–Crippen LogP) is 1.40. The largest absolute Gasteiger partial charge is 0.394 e. The van der Waals surface area contributed by atoms with E-state index < -0.39 is 31.0 Å². The third-order valence-corrected chi connectivity index (χ3v) is 3.74. The number of aliphatic hydroxyl groups is 3. The molecule has 0 unspecified atom stereocenters. The van der Waals surface area contributed by atoms with Gasteiger partial charge >= 0.3 is 0 Å². The Labute approximate surface area is 127 Å². The Hall–Kier alpha value is -0.460. The van der Waals surface area contributed by atoms with E-state index in [1.807, 2.05) is 0 Å². The first kappa shape index (κ1) is 18.6. The van der Waals surface area contributed by atoms with Gasteiger partial charge in [-0.15, -0.1) is 0 Å². The lowest BCUT2D eigenvalue weighted by molar-refractivity contribution is -0.0730. The van der Waals surface area contributed by atoms with Gasteiger partial charge in [0.2, 0.25) is 0 Å². The minimum atomic E-state index is -1.05. The lowest BCUT2D eigenvalue weighted by atomic mass is 10.1. The summed E-state index contributed by atoms with van der Waals surface area (Å²) in [5, 5.41) is 28.3. The van der Waals surface area contributed by atoms with Crippen molar-refractivity contribution in [3.05, 3.63) is 12.2 Å². The SMILES string of the molecule is CC/C=C/CCCCCCO[C@H]1CO[C@@H]([C@H](O)CO)[C@H]1O. The second-order valence-electron chi connectivity index (χ2n) is 5.53. The van der Waals surface area contributed by atoms with Crippen molar-refractivity contribution in [1.29, 1.82) is 0 Å². The molecule has 1 aliphatic rings. The first-order valence-corrected chi connectivity index (χ1v) is 8.05. The summed E-state index contributed by atoms with van der Waals surface area (Å²) in [6.45, 7) is 2.59. The fourth-order valence-corrected chi connectivity index (χ4v) is 2.44. The molecule has 0 amide bonds. The standard InChI is InChI=1S/C16H30O5/c1-2-3-4-5-6-7-8-9-10-20-14-12-21-16(15(14)19)13(18)11-17/h3-4,13-19H,2,5-12H2,1H3/b4-3+/t13-,14+,15+,16+/m1/s1. The number of ether oxygens (including phenoxy) is 2. The van der Waals surface area contributed by atoms with Crippen molar-refractivity contribution in [1.82, 2.24) is 0 Å². The van der Waals surface area contributed by atoms with Crippen LogP contribution in [-0.2, 0) is 9.47 Å². The molecule has 5 nitrogen and oxygen atoms in total. The molecule has 3 N–H and O–H groups in total. The minimum absolute atomic E-state index is 0.269. The van der Waals surface area contributed by atoms with Crippen LogP contribution in [0.1, 0.15) is 45.4 Å². The smallest absolute Gasteiger partial charge is 0.114 e. The van der Waals surface area contributed by atoms with Gasteiger partial charge in [0.15, 0.2) is 0 Å². The molecule has 1 aliphatic heterocycles. The highest BCUT2D eigenvalue weighted by molar-refractivity contribution is 4.88. The maximum absolute atomic E-state index is 9.94. The van der Waals surface area contributed by atoms with Crippen LogP contribution >= 0.6 is 0 Å². The van der Waals surface area contributed by atoms with Gasteiger partial charge in [-0.05, 0) is 25.7 Å². The van der Waals surface area contributed by atoms with Crippen LogP contribution in [0.5, 0.6) is 0 Å². The molecule has 5 heteroatoms. The first-order chi connectivity index (χ1) is 10.2. The van der Waals surface area contributed by atoms with Crippen LogP contribution in [0, 0.1) is 0 Å². The average Bonchev–Trinajstić information content (AvgIpc) is 2.86. The molecule has 0 radical (unpaired) electrons. The monoisotopic (exact) mass is 302 g/mol. The highest BCUT2D eigenvalue weighted by Crippen LogP contribution is 2.20. The van der Waals surface area contributed by atoms with Gasteiger partial charge in [-0.25, -0.2) is 0 Å². The second-order valence-corrected chi connectivity index (χ2v) is 5.53. The van der Waals surface area contributed by atoms with Gasteiger partial charge in [0.1, 0.15) is 24.4 Å². The number of hydrogen-bond donors (Lipinski definition) is 3. The molecule has 21 heavy (non-hydrogen) atoms. The zero-order chi connectivity index (χ0) is 15.5. The number of hydrogen-bond acceptors (Lipinski definition) is 5. The summed E-state index contributed by atoms with van der Waals surface area (Å²) in [5.74, 6) is 0. The van der Waals surface area contributed by atoms with Crippen LogP contribution in [0.2, 0.25) is 0 Å². The summed E-state index contributed by atoms with van der Waals surface area (Å²) >= 11 is 0. The Morgan fingerprint density at radius 1 is 1.24 bits per heavy atom. The highest BCUT2D eigenvalue weighted by atomic mass is 16.6. The van der Waals surface area contributed by atoms with E-state index in [1.54, 1.807) is 0 Å². The second kappa shape index (κ2) is 11.2. The lowest BCUT2D eigenvalue weighted by Crippen LogP contribution is -2.41. The molecule has 1 saturated heterocycles. The minimum Gasteiger partial charge on any atom is -0.394 e. The van der Waals surface area contributed by atoms with Gasteiger partial charge in [-0.2, -0.15) is 0 Å². The van der Waals surface area contributed by atoms with Gasteiger partial charge in [-0.1, -0.05) is 31.9 Å². The van der Waals surface area contributed by atoms with Crippen LogP contribution in [0.4, 0.5) is 0 Å². The maximum Gasteiger partial charge on any atom is 0.114 e. The number of unbranched alkanes of at least 4 members (excludes halogenated alkanes) is 4. The van der Waals surface area contributed by atoms with E-state index in [1.165, 1.54) is 12.8 Å². The van der Waals surface area contributed by atoms with Crippen molar-refractivity contribution in [3.63, 3.8) is 0 Å². The van der Waals surface area contributed by atoms with Gasteiger partial charge in [0, 0.05) is 6.61 Å². The third kappa shape index (κ3) is 6.89. The zero-order valence-corrected chi connectivity index (χ0v) is 13.0. The summed E-state index contributed by atoms with van der Waals surface area (Å²) in [7, 11) is 0. The maximum atomic E-state index is 9.94. The number of rotatable bonds is 11. The summed E-state index contributed by atoms with van der Waals surface area (Å²) < 4.78 is 10.9. The van der Waals surface area contributed by atoms with Crippen LogP contribution in [-0.4, -0.2) is 59.6 Å². The molecule has 0 spiro atoms. The van der Waals surface area contributed by atoms with Crippen molar-refractivity contribution >= 4 is 0 Å². The van der Waals surface area contributed by atoms with Crippen LogP contribution in [0.15, 0.2) is 12.2 Å². The summed E-state index contributed by atoms with van der Waals surface area (Å²) in [6, 6.07) is 0. The normalized spacial score (nSPS) is 27.5. The molecular formula is C16H30O5. The Bertz CT molecular complexity index is 282. The van der Waals surface area contributed by atoms with Gasteiger partial charge in [-0.3, -0.25) is 0 Å². The molecule has 0 aromatic heterocycles. The lowest BCUT2D eigenvalue weighted by Gasteiger charge is -2.20. The topological polar surface area (TPSA) is 79.2 Å². The molecule has 1 rings (SSSR count). The molecule has 0 bridgehead atoms. The molecule has 4 atom stereocenters. The van der Waals surface area contributed by atoms with Crippen molar-refractivity contribution in [2.75, 3.05) is 19.8 Å². The molecule has 0 saturated carbocycles. The Morgan fingerprint density at radius 2 is 2.00 bits per heavy atom. The molecular weight excluding hydrogens is 272 g/mol. The van der Waals surface area contributed by atoms with Gasteiger partial charge in [0.25, 0.3) is 0 Å². The average molecular weight is 302 g/mol. The fourth-order valence-electron chi connectivity index (χ4n) is 2.44. The molecule has 124 valence electrons. The third-order valence-electron chi connectivity index (χ3n) is 3.74. The van der Waals surface area contributed by atoms with E-state index >= 15 is 0 Å². The van der Waals surface area contributed by atoms with E-state index in [2.05, 4.69) is 19.1 Å². The van der Waals surface area contributed by atoms with Crippen molar-refractivity contribution in [3.8, 4) is 0 Å². The highest BCUT2D eigenvalue weighted by Gasteiger charge is 2.40. The van der Waals surface area contributed by atoms with Crippen LogP contribution in [0.25, 0.3) is 0 Å². The first-order valence-electron chi connectivity index (χ1n) is 8.05. The van der Waals surface area contributed by atoms with Crippen molar-refractivity contribution in [2.45, 2.75) is 69.9 Å². The number of aliphatic hydroxyl groups excluding tert-OH is 3. The molecule has 0 aromatic rings. The summed E-state index contributed by atoms with van der Waals surface area (Å²) in [4.78, 5) is 0. The van der Waals surface area contributed by atoms with E-state index in [-0.39, 0.29) is 6.61 Å². The van der Waals surface area contributed by atoms with E-state index in [9.17, 15) is 10.2 Å².